The van der Waals surface area contributed by atoms with Crippen LogP contribution in [-0.2, 0) is 0 Å². The molecule has 84 valence electrons. The minimum absolute atomic E-state index is 0.240. The Labute approximate surface area is 90.2 Å². The van der Waals surface area contributed by atoms with Gasteiger partial charge in [0.25, 0.3) is 0 Å². The summed E-state index contributed by atoms with van der Waals surface area (Å²) in [4.78, 5) is 0. The van der Waals surface area contributed by atoms with Crippen molar-refractivity contribution >= 4 is 0 Å². The first-order valence-corrected chi connectivity index (χ1v) is 5.36. The second kappa shape index (κ2) is 6.40. The van der Waals surface area contributed by atoms with Crippen molar-refractivity contribution < 1.29 is 9.13 Å². The molecule has 1 unspecified atom stereocenters. The second-order valence-electron chi connectivity index (χ2n) is 3.61. The molecule has 0 saturated heterocycles. The SMILES string of the molecule is CCC(N)CCCOc1ccc(F)cc1. The van der Waals surface area contributed by atoms with Crippen LogP contribution in [0.4, 0.5) is 4.39 Å². The van der Waals surface area contributed by atoms with Crippen molar-refractivity contribution in [1.82, 2.24) is 0 Å². The first-order chi connectivity index (χ1) is 7.22. The zero-order valence-corrected chi connectivity index (χ0v) is 9.08. The number of ether oxygens (including phenoxy) is 1. The third-order valence-corrected chi connectivity index (χ3v) is 2.33. The zero-order valence-electron chi connectivity index (χ0n) is 9.08. The van der Waals surface area contributed by atoms with Crippen LogP contribution < -0.4 is 10.5 Å². The van der Waals surface area contributed by atoms with Crippen molar-refractivity contribution in [3.63, 3.8) is 0 Å². The minimum atomic E-state index is -0.240. The third kappa shape index (κ3) is 4.79. The molecule has 0 heterocycles. The summed E-state index contributed by atoms with van der Waals surface area (Å²) in [6.45, 7) is 2.71. The lowest BCUT2D eigenvalue weighted by Crippen LogP contribution is -2.19. The van der Waals surface area contributed by atoms with Crippen LogP contribution in [0.5, 0.6) is 5.75 Å². The van der Waals surface area contributed by atoms with E-state index in [1.807, 2.05) is 0 Å². The highest BCUT2D eigenvalue weighted by Crippen LogP contribution is 2.11. The van der Waals surface area contributed by atoms with Crippen molar-refractivity contribution in [2.45, 2.75) is 32.2 Å². The molecule has 0 aliphatic rings. The Bertz CT molecular complexity index is 273. The van der Waals surface area contributed by atoms with Gasteiger partial charge in [-0.05, 0) is 43.5 Å². The Morgan fingerprint density at radius 2 is 2.00 bits per heavy atom. The van der Waals surface area contributed by atoms with E-state index >= 15 is 0 Å². The van der Waals surface area contributed by atoms with E-state index in [0.717, 1.165) is 19.3 Å². The van der Waals surface area contributed by atoms with E-state index in [1.165, 1.54) is 12.1 Å². The molecule has 0 amide bonds. The fraction of sp³-hybridized carbons (Fsp3) is 0.500. The number of nitrogens with two attached hydrogens (primary N) is 1. The van der Waals surface area contributed by atoms with Crippen molar-refractivity contribution in [2.75, 3.05) is 6.61 Å². The van der Waals surface area contributed by atoms with Gasteiger partial charge in [-0.3, -0.25) is 0 Å². The molecule has 1 atom stereocenters. The maximum atomic E-state index is 12.6. The molecule has 1 rings (SSSR count). The molecule has 0 aromatic heterocycles. The fourth-order valence-electron chi connectivity index (χ4n) is 1.27. The van der Waals surface area contributed by atoms with E-state index < -0.39 is 0 Å². The molecule has 1 aromatic carbocycles. The molecular weight excluding hydrogens is 193 g/mol. The molecule has 0 fully saturated rings. The molecule has 0 spiro atoms. The summed E-state index contributed by atoms with van der Waals surface area (Å²) in [5.41, 5.74) is 5.77. The Balaban J connectivity index is 2.17. The average Bonchev–Trinajstić information content (AvgIpc) is 2.26. The lowest BCUT2D eigenvalue weighted by molar-refractivity contribution is 0.300. The highest BCUT2D eigenvalue weighted by atomic mass is 19.1. The van der Waals surface area contributed by atoms with Gasteiger partial charge < -0.3 is 10.5 Å². The number of rotatable bonds is 6. The molecule has 2 N–H and O–H groups in total. The average molecular weight is 211 g/mol. The van der Waals surface area contributed by atoms with Gasteiger partial charge in [0, 0.05) is 6.04 Å². The molecule has 3 heteroatoms. The van der Waals surface area contributed by atoms with Crippen molar-refractivity contribution in [3.05, 3.63) is 30.1 Å². The molecular formula is C12H18FNO. The fourth-order valence-corrected chi connectivity index (χ4v) is 1.27. The van der Waals surface area contributed by atoms with Crippen molar-refractivity contribution in [3.8, 4) is 5.75 Å². The van der Waals surface area contributed by atoms with Crippen LogP contribution in [0.25, 0.3) is 0 Å². The van der Waals surface area contributed by atoms with Crippen molar-refractivity contribution in [2.24, 2.45) is 5.73 Å². The Hall–Kier alpha value is -1.09. The molecule has 1 aromatic rings. The number of hydrogen-bond donors (Lipinski definition) is 1. The van der Waals surface area contributed by atoms with Gasteiger partial charge in [0.1, 0.15) is 11.6 Å². The largest absolute Gasteiger partial charge is 0.494 e. The van der Waals surface area contributed by atoms with Gasteiger partial charge >= 0.3 is 0 Å². The zero-order chi connectivity index (χ0) is 11.1. The van der Waals surface area contributed by atoms with Gasteiger partial charge in [-0.25, -0.2) is 4.39 Å². The van der Waals surface area contributed by atoms with E-state index in [0.29, 0.717) is 12.4 Å². The van der Waals surface area contributed by atoms with Crippen molar-refractivity contribution in [1.29, 1.82) is 0 Å². The third-order valence-electron chi connectivity index (χ3n) is 2.33. The molecule has 15 heavy (non-hydrogen) atoms. The van der Waals surface area contributed by atoms with Crippen LogP contribution in [0.1, 0.15) is 26.2 Å². The van der Waals surface area contributed by atoms with E-state index in [1.54, 1.807) is 12.1 Å². The number of halogens is 1. The Kier molecular flexibility index (Phi) is 5.12. The van der Waals surface area contributed by atoms with Crippen LogP contribution in [0.2, 0.25) is 0 Å². The molecule has 0 aliphatic heterocycles. The van der Waals surface area contributed by atoms with Crippen LogP contribution in [0, 0.1) is 5.82 Å². The number of benzene rings is 1. The topological polar surface area (TPSA) is 35.2 Å². The maximum Gasteiger partial charge on any atom is 0.123 e. The maximum absolute atomic E-state index is 12.6. The lowest BCUT2D eigenvalue weighted by atomic mass is 10.1. The van der Waals surface area contributed by atoms with Crippen LogP contribution in [-0.4, -0.2) is 12.6 Å². The van der Waals surface area contributed by atoms with Crippen LogP contribution in [0.3, 0.4) is 0 Å². The summed E-state index contributed by atoms with van der Waals surface area (Å²) in [7, 11) is 0. The Morgan fingerprint density at radius 1 is 1.33 bits per heavy atom. The summed E-state index contributed by atoms with van der Waals surface area (Å²) in [6, 6.07) is 6.33. The highest BCUT2D eigenvalue weighted by Gasteiger charge is 1.99. The first kappa shape index (κ1) is 12.0. The van der Waals surface area contributed by atoms with Gasteiger partial charge in [0.05, 0.1) is 6.61 Å². The summed E-state index contributed by atoms with van der Waals surface area (Å²) in [5.74, 6) is 0.469. The summed E-state index contributed by atoms with van der Waals surface area (Å²) in [5, 5.41) is 0. The van der Waals surface area contributed by atoms with Gasteiger partial charge in [-0.2, -0.15) is 0 Å². The van der Waals surface area contributed by atoms with Gasteiger partial charge in [0.15, 0.2) is 0 Å². The highest BCUT2D eigenvalue weighted by molar-refractivity contribution is 5.21. The summed E-state index contributed by atoms with van der Waals surface area (Å²) in [6.07, 6.45) is 2.90. The second-order valence-corrected chi connectivity index (χ2v) is 3.61. The smallest absolute Gasteiger partial charge is 0.123 e. The normalized spacial score (nSPS) is 12.5. The lowest BCUT2D eigenvalue weighted by Gasteiger charge is -2.09. The number of hydrogen-bond acceptors (Lipinski definition) is 2. The molecule has 0 bridgehead atoms. The minimum Gasteiger partial charge on any atom is -0.494 e. The first-order valence-electron chi connectivity index (χ1n) is 5.36. The van der Waals surface area contributed by atoms with Gasteiger partial charge in [0.2, 0.25) is 0 Å². The van der Waals surface area contributed by atoms with E-state index in [9.17, 15) is 4.39 Å². The summed E-state index contributed by atoms with van der Waals surface area (Å²) >= 11 is 0. The molecule has 0 aliphatic carbocycles. The molecule has 0 saturated carbocycles. The predicted octanol–water partition coefficient (Wildman–Crippen LogP) is 2.72. The summed E-state index contributed by atoms with van der Waals surface area (Å²) < 4.78 is 18.0. The van der Waals surface area contributed by atoms with E-state index in [4.69, 9.17) is 10.5 Å². The van der Waals surface area contributed by atoms with Gasteiger partial charge in [-0.15, -0.1) is 0 Å². The molecule has 2 nitrogen and oxygen atoms in total. The van der Waals surface area contributed by atoms with E-state index in [-0.39, 0.29) is 11.9 Å². The van der Waals surface area contributed by atoms with Crippen LogP contribution in [0.15, 0.2) is 24.3 Å². The van der Waals surface area contributed by atoms with Gasteiger partial charge in [-0.1, -0.05) is 6.92 Å². The predicted molar refractivity (Wildman–Crippen MR) is 59.4 cm³/mol. The van der Waals surface area contributed by atoms with Crippen LogP contribution >= 0.6 is 0 Å². The standard InChI is InChI=1S/C12H18FNO/c1-2-11(14)4-3-9-15-12-7-5-10(13)6-8-12/h5-8,11H,2-4,9,14H2,1H3. The Morgan fingerprint density at radius 3 is 2.60 bits per heavy atom. The molecule has 0 radical (unpaired) electrons. The quantitative estimate of drug-likeness (QED) is 0.734. The monoisotopic (exact) mass is 211 g/mol. The van der Waals surface area contributed by atoms with E-state index in [2.05, 4.69) is 6.92 Å².